The molecule has 4 heteroatoms. The molecule has 0 spiro atoms. The van der Waals surface area contributed by atoms with Gasteiger partial charge < -0.3 is 20.1 Å². The Hall–Kier alpha value is -2.36. The molecule has 0 radical (unpaired) electrons. The molecule has 2 aromatic rings. The highest BCUT2D eigenvalue weighted by Gasteiger charge is 2.06. The predicted molar refractivity (Wildman–Crippen MR) is 134 cm³/mol. The largest absolute Gasteiger partial charge is 0.493 e. The van der Waals surface area contributed by atoms with Crippen molar-refractivity contribution in [3.05, 3.63) is 48.5 Å². The van der Waals surface area contributed by atoms with E-state index in [2.05, 4.69) is 62.6 Å². The topological polar surface area (TPSA) is 42.5 Å². The number of benzene rings is 2. The number of hydrogen-bond acceptors (Lipinski definition) is 4. The highest BCUT2D eigenvalue weighted by Crippen LogP contribution is 2.20. The van der Waals surface area contributed by atoms with Crippen LogP contribution in [0.4, 0.5) is 11.4 Å². The lowest BCUT2D eigenvalue weighted by Crippen LogP contribution is -2.17. The Kier molecular flexibility index (Phi) is 11.7. The maximum atomic E-state index is 5.86. The van der Waals surface area contributed by atoms with Crippen molar-refractivity contribution in [2.75, 3.05) is 23.8 Å². The number of ether oxygens (including phenoxy) is 2. The van der Waals surface area contributed by atoms with Crippen LogP contribution in [0.15, 0.2) is 48.5 Å². The number of rotatable bonds is 16. The zero-order chi connectivity index (χ0) is 22.3. The summed E-state index contributed by atoms with van der Waals surface area (Å²) in [4.78, 5) is 0. The fourth-order valence-electron chi connectivity index (χ4n) is 3.66. The van der Waals surface area contributed by atoms with E-state index in [9.17, 15) is 0 Å². The SMILES string of the molecule is CCCC(CC)Nc1ccc(OCCCOc2ccc(NC(CC)CCC)cc2)cc1. The van der Waals surface area contributed by atoms with Crippen molar-refractivity contribution in [1.82, 2.24) is 0 Å². The van der Waals surface area contributed by atoms with Crippen molar-refractivity contribution >= 4 is 11.4 Å². The van der Waals surface area contributed by atoms with Crippen LogP contribution in [0.25, 0.3) is 0 Å². The van der Waals surface area contributed by atoms with Crippen LogP contribution < -0.4 is 20.1 Å². The summed E-state index contributed by atoms with van der Waals surface area (Å²) in [5.41, 5.74) is 2.32. The summed E-state index contributed by atoms with van der Waals surface area (Å²) in [6.45, 7) is 10.2. The van der Waals surface area contributed by atoms with E-state index in [1.54, 1.807) is 0 Å². The predicted octanol–water partition coefficient (Wildman–Crippen LogP) is 7.52. The second kappa shape index (κ2) is 14.6. The van der Waals surface area contributed by atoms with Gasteiger partial charge in [-0.05, 0) is 74.2 Å². The number of nitrogens with one attached hydrogen (secondary N) is 2. The van der Waals surface area contributed by atoms with E-state index in [1.807, 2.05) is 24.3 Å². The van der Waals surface area contributed by atoms with Crippen LogP contribution in [-0.4, -0.2) is 25.3 Å². The molecule has 31 heavy (non-hydrogen) atoms. The van der Waals surface area contributed by atoms with Gasteiger partial charge in [-0.2, -0.15) is 0 Å². The lowest BCUT2D eigenvalue weighted by Gasteiger charge is -2.18. The van der Waals surface area contributed by atoms with Gasteiger partial charge in [0.2, 0.25) is 0 Å². The summed E-state index contributed by atoms with van der Waals surface area (Å²) >= 11 is 0. The normalized spacial score (nSPS) is 12.8. The third kappa shape index (κ3) is 9.54. The maximum Gasteiger partial charge on any atom is 0.119 e. The second-order valence-corrected chi connectivity index (χ2v) is 8.18. The van der Waals surface area contributed by atoms with E-state index in [0.29, 0.717) is 25.3 Å². The van der Waals surface area contributed by atoms with Gasteiger partial charge in [-0.15, -0.1) is 0 Å². The second-order valence-electron chi connectivity index (χ2n) is 8.18. The Morgan fingerprint density at radius 2 is 1.00 bits per heavy atom. The van der Waals surface area contributed by atoms with Crippen LogP contribution in [-0.2, 0) is 0 Å². The molecule has 0 aliphatic rings. The smallest absolute Gasteiger partial charge is 0.119 e. The van der Waals surface area contributed by atoms with Gasteiger partial charge in [0.25, 0.3) is 0 Å². The van der Waals surface area contributed by atoms with Crippen molar-refractivity contribution in [3.63, 3.8) is 0 Å². The molecule has 2 atom stereocenters. The van der Waals surface area contributed by atoms with Crippen LogP contribution in [0, 0.1) is 0 Å². The molecule has 4 nitrogen and oxygen atoms in total. The fraction of sp³-hybridized carbons (Fsp3) is 0.556. The van der Waals surface area contributed by atoms with Gasteiger partial charge in [0, 0.05) is 29.9 Å². The highest BCUT2D eigenvalue weighted by atomic mass is 16.5. The van der Waals surface area contributed by atoms with Crippen LogP contribution in [0.5, 0.6) is 11.5 Å². The Bertz CT molecular complexity index is 639. The highest BCUT2D eigenvalue weighted by molar-refractivity contribution is 5.47. The van der Waals surface area contributed by atoms with Crippen molar-refractivity contribution in [2.24, 2.45) is 0 Å². The van der Waals surface area contributed by atoms with Crippen molar-refractivity contribution in [3.8, 4) is 11.5 Å². The molecule has 0 heterocycles. The zero-order valence-electron chi connectivity index (χ0n) is 20.0. The average molecular weight is 427 g/mol. The van der Waals surface area contributed by atoms with Gasteiger partial charge in [-0.1, -0.05) is 40.5 Å². The van der Waals surface area contributed by atoms with E-state index >= 15 is 0 Å². The van der Waals surface area contributed by atoms with Gasteiger partial charge in [0.05, 0.1) is 13.2 Å². The third-order valence-electron chi connectivity index (χ3n) is 5.54. The summed E-state index contributed by atoms with van der Waals surface area (Å²) in [6.07, 6.45) is 7.94. The Balaban J connectivity index is 1.65. The van der Waals surface area contributed by atoms with Crippen molar-refractivity contribution in [1.29, 1.82) is 0 Å². The van der Waals surface area contributed by atoms with Gasteiger partial charge >= 0.3 is 0 Å². The third-order valence-corrected chi connectivity index (χ3v) is 5.54. The molecule has 0 aliphatic carbocycles. The first-order chi connectivity index (χ1) is 15.2. The molecule has 172 valence electrons. The Labute approximate surface area is 189 Å². The monoisotopic (exact) mass is 426 g/mol. The van der Waals surface area contributed by atoms with Gasteiger partial charge in [0.15, 0.2) is 0 Å². The minimum absolute atomic E-state index is 0.545. The minimum Gasteiger partial charge on any atom is -0.493 e. The van der Waals surface area contributed by atoms with Crippen LogP contribution in [0.3, 0.4) is 0 Å². The fourth-order valence-corrected chi connectivity index (χ4v) is 3.66. The molecule has 0 bridgehead atoms. The molecule has 2 unspecified atom stereocenters. The molecule has 0 fully saturated rings. The van der Waals surface area contributed by atoms with E-state index in [0.717, 1.165) is 42.1 Å². The molecule has 0 aliphatic heterocycles. The number of anilines is 2. The molecular weight excluding hydrogens is 384 g/mol. The van der Waals surface area contributed by atoms with Crippen LogP contribution in [0.1, 0.15) is 72.6 Å². The number of hydrogen-bond donors (Lipinski definition) is 2. The molecule has 2 aromatic carbocycles. The maximum absolute atomic E-state index is 5.86. The average Bonchev–Trinajstić information content (AvgIpc) is 2.80. The Morgan fingerprint density at radius 1 is 0.613 bits per heavy atom. The van der Waals surface area contributed by atoms with Crippen molar-refractivity contribution < 1.29 is 9.47 Å². The molecule has 2 rings (SSSR count). The van der Waals surface area contributed by atoms with Crippen molar-refractivity contribution in [2.45, 2.75) is 84.7 Å². The summed E-state index contributed by atoms with van der Waals surface area (Å²) < 4.78 is 11.7. The standard InChI is InChI=1S/C27H42N2O2/c1-5-10-22(7-3)28-24-12-16-26(17-13-24)30-20-9-21-31-27-18-14-25(15-19-27)29-23(8-4)11-6-2/h12-19,22-23,28-29H,5-11,20-21H2,1-4H3. The van der Waals surface area contributed by atoms with Gasteiger partial charge in [-0.3, -0.25) is 0 Å². The first kappa shape index (κ1) is 24.9. The molecule has 2 N–H and O–H groups in total. The molecule has 0 saturated heterocycles. The van der Waals surface area contributed by atoms with Crippen LogP contribution >= 0.6 is 0 Å². The summed E-state index contributed by atoms with van der Waals surface area (Å²) in [5.74, 6) is 1.81. The first-order valence-corrected chi connectivity index (χ1v) is 12.2. The lowest BCUT2D eigenvalue weighted by atomic mass is 10.1. The molecule has 0 aromatic heterocycles. The van der Waals surface area contributed by atoms with E-state index < -0.39 is 0 Å². The Morgan fingerprint density at radius 3 is 1.32 bits per heavy atom. The summed E-state index contributed by atoms with van der Waals surface area (Å²) in [6, 6.07) is 17.6. The van der Waals surface area contributed by atoms with Gasteiger partial charge in [-0.25, -0.2) is 0 Å². The van der Waals surface area contributed by atoms with E-state index in [1.165, 1.54) is 25.7 Å². The first-order valence-electron chi connectivity index (χ1n) is 12.2. The molecular formula is C27H42N2O2. The molecule has 0 saturated carbocycles. The van der Waals surface area contributed by atoms with E-state index in [-0.39, 0.29) is 0 Å². The zero-order valence-corrected chi connectivity index (χ0v) is 20.0. The quantitative estimate of drug-likeness (QED) is 0.272. The van der Waals surface area contributed by atoms with Crippen LogP contribution in [0.2, 0.25) is 0 Å². The van der Waals surface area contributed by atoms with Gasteiger partial charge in [0.1, 0.15) is 11.5 Å². The minimum atomic E-state index is 0.545. The van der Waals surface area contributed by atoms with E-state index in [4.69, 9.17) is 9.47 Å². The lowest BCUT2D eigenvalue weighted by molar-refractivity contribution is 0.247. The summed E-state index contributed by atoms with van der Waals surface area (Å²) in [5, 5.41) is 7.19. The molecule has 0 amide bonds. The summed E-state index contributed by atoms with van der Waals surface area (Å²) in [7, 11) is 0.